The van der Waals surface area contributed by atoms with E-state index in [4.69, 9.17) is 9.47 Å². The van der Waals surface area contributed by atoms with Crippen molar-refractivity contribution in [3.8, 4) is 11.5 Å². The average molecular weight is 355 g/mol. The Morgan fingerprint density at radius 1 is 1.00 bits per heavy atom. The Balaban J connectivity index is 1.99. The van der Waals surface area contributed by atoms with Crippen LogP contribution in [0.15, 0.2) is 48.5 Å². The molecular formula is C22H29NO3. The van der Waals surface area contributed by atoms with Crippen LogP contribution in [0.5, 0.6) is 11.5 Å². The summed E-state index contributed by atoms with van der Waals surface area (Å²) >= 11 is 0. The van der Waals surface area contributed by atoms with Gasteiger partial charge in [0, 0.05) is 5.56 Å². The van der Waals surface area contributed by atoms with E-state index in [1.807, 2.05) is 55.5 Å². The van der Waals surface area contributed by atoms with Gasteiger partial charge in [-0.15, -0.1) is 0 Å². The molecule has 26 heavy (non-hydrogen) atoms. The van der Waals surface area contributed by atoms with Crippen molar-refractivity contribution in [2.45, 2.75) is 52.2 Å². The number of amides is 1. The van der Waals surface area contributed by atoms with E-state index in [-0.39, 0.29) is 17.4 Å². The van der Waals surface area contributed by atoms with E-state index in [1.165, 1.54) is 5.56 Å². The first-order valence-electron chi connectivity index (χ1n) is 8.93. The zero-order valence-corrected chi connectivity index (χ0v) is 16.5. The number of para-hydroxylation sites is 1. The Bertz CT molecular complexity index is 732. The minimum atomic E-state index is -0.590. The molecule has 2 atom stereocenters. The molecule has 2 aromatic carbocycles. The molecule has 0 aromatic heterocycles. The molecule has 1 N–H and O–H groups in total. The summed E-state index contributed by atoms with van der Waals surface area (Å²) in [6.07, 6.45) is -0.590. The van der Waals surface area contributed by atoms with Crippen LogP contribution >= 0.6 is 0 Å². The molecule has 2 rings (SSSR count). The second kappa shape index (κ2) is 8.26. The quantitative estimate of drug-likeness (QED) is 0.821. The van der Waals surface area contributed by atoms with E-state index < -0.39 is 6.10 Å². The number of hydrogen-bond acceptors (Lipinski definition) is 3. The maximum atomic E-state index is 12.5. The fraction of sp³-hybridized carbons (Fsp3) is 0.409. The van der Waals surface area contributed by atoms with Crippen LogP contribution in [0, 0.1) is 0 Å². The number of methoxy groups -OCH3 is 1. The lowest BCUT2D eigenvalue weighted by Gasteiger charge is -2.21. The molecule has 0 radical (unpaired) electrons. The average Bonchev–Trinajstić information content (AvgIpc) is 2.61. The lowest BCUT2D eigenvalue weighted by molar-refractivity contribution is -0.127. The number of rotatable bonds is 6. The lowest BCUT2D eigenvalue weighted by atomic mass is 9.87. The SMILES string of the molecule is COc1ccccc1C(C)NC(=O)C(C)Oc1ccc(C(C)(C)C)cc1. The third-order valence-electron chi connectivity index (χ3n) is 4.37. The highest BCUT2D eigenvalue weighted by Gasteiger charge is 2.20. The number of carbonyl (C=O) groups is 1. The van der Waals surface area contributed by atoms with Crippen LogP contribution in [0.1, 0.15) is 51.8 Å². The van der Waals surface area contributed by atoms with Crippen LogP contribution < -0.4 is 14.8 Å². The van der Waals surface area contributed by atoms with Gasteiger partial charge >= 0.3 is 0 Å². The van der Waals surface area contributed by atoms with Crippen molar-refractivity contribution in [1.82, 2.24) is 5.32 Å². The molecule has 0 spiro atoms. The number of hydrogen-bond donors (Lipinski definition) is 1. The van der Waals surface area contributed by atoms with Gasteiger partial charge in [-0.25, -0.2) is 0 Å². The van der Waals surface area contributed by atoms with Crippen LogP contribution in [-0.2, 0) is 10.2 Å². The van der Waals surface area contributed by atoms with Gasteiger partial charge in [0.1, 0.15) is 11.5 Å². The molecule has 0 aliphatic carbocycles. The first kappa shape index (κ1) is 19.8. The minimum absolute atomic E-state index is 0.0890. The monoisotopic (exact) mass is 355 g/mol. The maximum absolute atomic E-state index is 12.5. The molecule has 0 fully saturated rings. The highest BCUT2D eigenvalue weighted by molar-refractivity contribution is 5.81. The summed E-state index contributed by atoms with van der Waals surface area (Å²) < 4.78 is 11.2. The van der Waals surface area contributed by atoms with Crippen molar-refractivity contribution in [3.05, 3.63) is 59.7 Å². The second-order valence-electron chi connectivity index (χ2n) is 7.51. The number of ether oxygens (including phenoxy) is 2. The fourth-order valence-electron chi connectivity index (χ4n) is 2.72. The number of nitrogens with one attached hydrogen (secondary N) is 1. The fourth-order valence-corrected chi connectivity index (χ4v) is 2.72. The minimum Gasteiger partial charge on any atom is -0.496 e. The smallest absolute Gasteiger partial charge is 0.261 e. The topological polar surface area (TPSA) is 47.6 Å². The first-order valence-corrected chi connectivity index (χ1v) is 8.93. The predicted octanol–water partition coefficient (Wildman–Crippen LogP) is 4.64. The summed E-state index contributed by atoms with van der Waals surface area (Å²) in [4.78, 5) is 12.5. The largest absolute Gasteiger partial charge is 0.496 e. The van der Waals surface area contributed by atoms with Crippen LogP contribution in [0.2, 0.25) is 0 Å². The van der Waals surface area contributed by atoms with Crippen molar-refractivity contribution in [2.24, 2.45) is 0 Å². The predicted molar refractivity (Wildman–Crippen MR) is 105 cm³/mol. The van der Waals surface area contributed by atoms with Gasteiger partial charge in [-0.1, -0.05) is 51.1 Å². The molecule has 0 saturated carbocycles. The Morgan fingerprint density at radius 3 is 2.19 bits per heavy atom. The summed E-state index contributed by atoms with van der Waals surface area (Å²) in [5, 5.41) is 2.98. The van der Waals surface area contributed by atoms with E-state index in [1.54, 1.807) is 14.0 Å². The third kappa shape index (κ3) is 5.01. The Morgan fingerprint density at radius 2 is 1.62 bits per heavy atom. The van der Waals surface area contributed by atoms with E-state index in [0.717, 1.165) is 11.3 Å². The Hall–Kier alpha value is -2.49. The van der Waals surface area contributed by atoms with Gasteiger partial charge in [0.05, 0.1) is 13.2 Å². The Kier molecular flexibility index (Phi) is 6.30. The molecule has 140 valence electrons. The molecule has 4 heteroatoms. The van der Waals surface area contributed by atoms with Gasteiger partial charge in [0.15, 0.2) is 6.10 Å². The van der Waals surface area contributed by atoms with Gasteiger partial charge in [-0.2, -0.15) is 0 Å². The summed E-state index contributed by atoms with van der Waals surface area (Å²) in [6, 6.07) is 15.4. The highest BCUT2D eigenvalue weighted by Crippen LogP contribution is 2.26. The summed E-state index contributed by atoms with van der Waals surface area (Å²) in [5.41, 5.74) is 2.25. The molecule has 0 aliphatic rings. The zero-order chi connectivity index (χ0) is 19.3. The normalized spacial score (nSPS) is 13.6. The zero-order valence-electron chi connectivity index (χ0n) is 16.5. The maximum Gasteiger partial charge on any atom is 0.261 e. The Labute approximate surface area is 156 Å². The molecule has 0 heterocycles. The van der Waals surface area contributed by atoms with Crippen molar-refractivity contribution >= 4 is 5.91 Å². The molecule has 0 bridgehead atoms. The molecule has 4 nitrogen and oxygen atoms in total. The molecule has 0 aliphatic heterocycles. The number of carbonyl (C=O) groups excluding carboxylic acids is 1. The third-order valence-corrected chi connectivity index (χ3v) is 4.37. The molecular weight excluding hydrogens is 326 g/mol. The van der Waals surface area contributed by atoms with Crippen LogP contribution in [0.25, 0.3) is 0 Å². The lowest BCUT2D eigenvalue weighted by Crippen LogP contribution is -2.37. The molecule has 2 aromatic rings. The molecule has 2 unspecified atom stereocenters. The first-order chi connectivity index (χ1) is 12.2. The van der Waals surface area contributed by atoms with Crippen LogP contribution in [0.4, 0.5) is 0 Å². The van der Waals surface area contributed by atoms with Gasteiger partial charge in [-0.05, 0) is 43.0 Å². The van der Waals surface area contributed by atoms with Gasteiger partial charge in [0.2, 0.25) is 0 Å². The van der Waals surface area contributed by atoms with Gasteiger partial charge in [0.25, 0.3) is 5.91 Å². The molecule has 0 saturated heterocycles. The highest BCUT2D eigenvalue weighted by atomic mass is 16.5. The van der Waals surface area contributed by atoms with E-state index in [2.05, 4.69) is 26.1 Å². The van der Waals surface area contributed by atoms with Gasteiger partial charge in [-0.3, -0.25) is 4.79 Å². The van der Waals surface area contributed by atoms with Crippen LogP contribution in [0.3, 0.4) is 0 Å². The van der Waals surface area contributed by atoms with E-state index in [0.29, 0.717) is 5.75 Å². The van der Waals surface area contributed by atoms with E-state index in [9.17, 15) is 4.79 Å². The molecule has 1 amide bonds. The van der Waals surface area contributed by atoms with Crippen molar-refractivity contribution in [3.63, 3.8) is 0 Å². The number of benzene rings is 2. The van der Waals surface area contributed by atoms with E-state index >= 15 is 0 Å². The summed E-state index contributed by atoms with van der Waals surface area (Å²) in [6.45, 7) is 10.2. The van der Waals surface area contributed by atoms with Gasteiger partial charge < -0.3 is 14.8 Å². The van der Waals surface area contributed by atoms with Crippen molar-refractivity contribution in [1.29, 1.82) is 0 Å². The standard InChI is InChI=1S/C22H29NO3/c1-15(19-9-7-8-10-20(19)25-6)23-21(24)16(2)26-18-13-11-17(12-14-18)22(3,4)5/h7-16H,1-6H3,(H,23,24). The summed E-state index contributed by atoms with van der Waals surface area (Å²) in [7, 11) is 1.63. The van der Waals surface area contributed by atoms with Crippen LogP contribution in [-0.4, -0.2) is 19.1 Å². The van der Waals surface area contributed by atoms with Crippen molar-refractivity contribution in [2.75, 3.05) is 7.11 Å². The van der Waals surface area contributed by atoms with Crippen molar-refractivity contribution < 1.29 is 14.3 Å². The second-order valence-corrected chi connectivity index (χ2v) is 7.51. The summed E-state index contributed by atoms with van der Waals surface area (Å²) in [5.74, 6) is 1.28.